The summed E-state index contributed by atoms with van der Waals surface area (Å²) in [5.41, 5.74) is 1.77. The Morgan fingerprint density at radius 2 is 1.69 bits per heavy atom. The molecule has 1 atom stereocenters. The van der Waals surface area contributed by atoms with Gasteiger partial charge in [0.15, 0.2) is 11.5 Å². The molecule has 0 saturated carbocycles. The third-order valence-electron chi connectivity index (χ3n) is 6.01. The largest absolute Gasteiger partial charge is 0.507 e. The van der Waals surface area contributed by atoms with Crippen LogP contribution in [0.2, 0.25) is 0 Å². The first-order valence-corrected chi connectivity index (χ1v) is 10.9. The Balaban J connectivity index is 1.73. The van der Waals surface area contributed by atoms with Crippen molar-refractivity contribution in [2.75, 3.05) is 26.2 Å². The summed E-state index contributed by atoms with van der Waals surface area (Å²) in [5, 5.41) is 11.3. The minimum absolute atomic E-state index is 0.104. The summed E-state index contributed by atoms with van der Waals surface area (Å²) in [6.07, 6.45) is 3.11. The zero-order valence-corrected chi connectivity index (χ0v) is 19.7. The number of aromatic amines is 1. The molecular formula is C26H22N4O6. The second-order valence-electron chi connectivity index (χ2n) is 7.94. The van der Waals surface area contributed by atoms with Crippen LogP contribution in [0.15, 0.2) is 66.5 Å². The maximum atomic E-state index is 13.4. The van der Waals surface area contributed by atoms with Crippen molar-refractivity contribution in [3.8, 4) is 17.2 Å². The number of aliphatic hydroxyl groups is 1. The molecule has 1 amide bonds. The quantitative estimate of drug-likeness (QED) is 0.240. The van der Waals surface area contributed by atoms with E-state index in [4.69, 9.17) is 14.2 Å². The predicted octanol–water partition coefficient (Wildman–Crippen LogP) is 3.61. The van der Waals surface area contributed by atoms with Crippen LogP contribution in [0.1, 0.15) is 17.2 Å². The Hall–Kier alpha value is -4.86. The topological polar surface area (TPSA) is 127 Å². The smallest absolute Gasteiger partial charge is 0.302 e. The lowest BCUT2D eigenvalue weighted by molar-refractivity contribution is -0.132. The molecule has 10 heteroatoms. The normalized spacial score (nSPS) is 17.0. The van der Waals surface area contributed by atoms with Gasteiger partial charge in [-0.3, -0.25) is 19.5 Å². The molecule has 1 aliphatic rings. The number of carbonyl (C=O) groups is 2. The number of ketones is 1. The monoisotopic (exact) mass is 486 g/mol. The molecule has 0 radical (unpaired) electrons. The number of nitrogens with zero attached hydrogens (tertiary/aromatic N) is 3. The number of amides is 1. The molecule has 0 aliphatic carbocycles. The molecule has 1 unspecified atom stereocenters. The molecule has 1 fully saturated rings. The van der Waals surface area contributed by atoms with Gasteiger partial charge < -0.3 is 24.3 Å². The summed E-state index contributed by atoms with van der Waals surface area (Å²) in [4.78, 5) is 39.8. The highest BCUT2D eigenvalue weighted by Crippen LogP contribution is 2.43. The van der Waals surface area contributed by atoms with Crippen LogP contribution in [0, 0.1) is 0 Å². The standard InChI is InChI=1S/C26H22N4O6/c1-34-18-9-5-4-8-15(18)23(31)21-22(14-7-6-10-27-13-14)30(25(33)24(21)32)26-28-16-11-19(35-2)20(36-3)12-17(16)29-26/h4-13,22,31H,1-3H3,(H,28,29)/b23-21+. The Morgan fingerprint density at radius 1 is 0.972 bits per heavy atom. The number of carbonyl (C=O) groups excluding carboxylic acids is 2. The van der Waals surface area contributed by atoms with Crippen LogP contribution in [0.3, 0.4) is 0 Å². The molecule has 2 aromatic carbocycles. The number of methoxy groups -OCH3 is 3. The number of benzene rings is 2. The van der Waals surface area contributed by atoms with E-state index in [-0.39, 0.29) is 22.8 Å². The maximum Gasteiger partial charge on any atom is 0.302 e. The lowest BCUT2D eigenvalue weighted by Gasteiger charge is -2.22. The van der Waals surface area contributed by atoms with Crippen LogP contribution in [0.25, 0.3) is 16.8 Å². The summed E-state index contributed by atoms with van der Waals surface area (Å²) in [6, 6.07) is 12.5. The number of aromatic nitrogens is 3. The third-order valence-corrected chi connectivity index (χ3v) is 6.01. The zero-order chi connectivity index (χ0) is 25.4. The van der Waals surface area contributed by atoms with Gasteiger partial charge in [0.2, 0.25) is 5.95 Å². The number of fused-ring (bicyclic) bond motifs is 1. The SMILES string of the molecule is COc1cc2nc(N3C(=O)C(=O)/C(=C(/O)c4ccccc4OC)C3c3cccnc3)[nH]c2cc1OC. The molecule has 10 nitrogen and oxygen atoms in total. The Kier molecular flexibility index (Phi) is 5.77. The Bertz CT molecular complexity index is 1470. The number of rotatable bonds is 6. The molecule has 0 spiro atoms. The van der Waals surface area contributed by atoms with Crippen molar-refractivity contribution in [2.45, 2.75) is 6.04 Å². The molecule has 1 aliphatic heterocycles. The van der Waals surface area contributed by atoms with E-state index >= 15 is 0 Å². The van der Waals surface area contributed by atoms with E-state index in [1.54, 1.807) is 54.7 Å². The van der Waals surface area contributed by atoms with Gasteiger partial charge in [0, 0.05) is 24.5 Å². The van der Waals surface area contributed by atoms with Crippen molar-refractivity contribution in [2.24, 2.45) is 0 Å². The first-order valence-electron chi connectivity index (χ1n) is 10.9. The van der Waals surface area contributed by atoms with Crippen molar-refractivity contribution in [1.29, 1.82) is 0 Å². The van der Waals surface area contributed by atoms with Gasteiger partial charge in [-0.2, -0.15) is 0 Å². The first-order chi connectivity index (χ1) is 17.5. The number of H-pyrrole nitrogens is 1. The number of nitrogens with one attached hydrogen (secondary N) is 1. The lowest BCUT2D eigenvalue weighted by Crippen LogP contribution is -2.30. The van der Waals surface area contributed by atoms with Gasteiger partial charge in [-0.1, -0.05) is 18.2 Å². The Morgan fingerprint density at radius 3 is 2.39 bits per heavy atom. The first kappa shape index (κ1) is 22.9. The highest BCUT2D eigenvalue weighted by molar-refractivity contribution is 6.51. The molecule has 0 bridgehead atoms. The number of hydrogen-bond acceptors (Lipinski definition) is 8. The molecule has 3 heterocycles. The molecule has 4 aromatic rings. The maximum absolute atomic E-state index is 13.4. The molecule has 182 valence electrons. The van der Waals surface area contributed by atoms with Gasteiger partial charge in [0.1, 0.15) is 11.5 Å². The summed E-state index contributed by atoms with van der Waals surface area (Å²) in [7, 11) is 4.48. The number of imidazole rings is 1. The average Bonchev–Trinajstić information content (AvgIpc) is 3.45. The fourth-order valence-electron chi connectivity index (χ4n) is 4.33. The van der Waals surface area contributed by atoms with Gasteiger partial charge in [0.05, 0.1) is 49.5 Å². The fraction of sp³-hybridized carbons (Fsp3) is 0.154. The number of hydrogen-bond donors (Lipinski definition) is 2. The predicted molar refractivity (Wildman–Crippen MR) is 131 cm³/mol. The van der Waals surface area contributed by atoms with Crippen LogP contribution in [-0.4, -0.2) is 53.1 Å². The average molecular weight is 486 g/mol. The number of para-hydroxylation sites is 1. The highest BCUT2D eigenvalue weighted by atomic mass is 16.5. The van der Waals surface area contributed by atoms with Crippen molar-refractivity contribution < 1.29 is 28.9 Å². The van der Waals surface area contributed by atoms with Gasteiger partial charge in [0.25, 0.3) is 5.78 Å². The summed E-state index contributed by atoms with van der Waals surface area (Å²) >= 11 is 0. The van der Waals surface area contributed by atoms with E-state index in [1.165, 1.54) is 32.4 Å². The Labute approximate surface area is 205 Å². The molecule has 5 rings (SSSR count). The minimum Gasteiger partial charge on any atom is -0.507 e. The van der Waals surface area contributed by atoms with E-state index in [2.05, 4.69) is 15.0 Å². The molecular weight excluding hydrogens is 464 g/mol. The van der Waals surface area contributed by atoms with Crippen LogP contribution in [-0.2, 0) is 9.59 Å². The van der Waals surface area contributed by atoms with E-state index in [0.717, 1.165) is 0 Å². The minimum atomic E-state index is -0.993. The zero-order valence-electron chi connectivity index (χ0n) is 19.7. The van der Waals surface area contributed by atoms with E-state index < -0.39 is 17.7 Å². The van der Waals surface area contributed by atoms with Crippen LogP contribution >= 0.6 is 0 Å². The van der Waals surface area contributed by atoms with E-state index in [9.17, 15) is 14.7 Å². The number of aliphatic hydroxyl groups excluding tert-OH is 1. The molecule has 2 aromatic heterocycles. The second-order valence-corrected chi connectivity index (χ2v) is 7.94. The molecule has 2 N–H and O–H groups in total. The highest BCUT2D eigenvalue weighted by Gasteiger charge is 2.48. The van der Waals surface area contributed by atoms with E-state index in [0.29, 0.717) is 33.8 Å². The van der Waals surface area contributed by atoms with Gasteiger partial charge in [-0.15, -0.1) is 0 Å². The molecule has 36 heavy (non-hydrogen) atoms. The summed E-state index contributed by atoms with van der Waals surface area (Å²) in [5.74, 6) is -0.653. The van der Waals surface area contributed by atoms with Crippen molar-refractivity contribution >= 4 is 34.4 Å². The van der Waals surface area contributed by atoms with Crippen molar-refractivity contribution in [3.63, 3.8) is 0 Å². The van der Waals surface area contributed by atoms with Gasteiger partial charge in [-0.25, -0.2) is 4.98 Å². The van der Waals surface area contributed by atoms with Gasteiger partial charge in [-0.05, 0) is 23.8 Å². The number of Topliss-reactive ketones (excluding diaryl/α,β-unsaturated/α-hetero) is 1. The lowest BCUT2D eigenvalue weighted by atomic mass is 9.96. The number of anilines is 1. The number of ether oxygens (including phenoxy) is 3. The summed E-state index contributed by atoms with van der Waals surface area (Å²) in [6.45, 7) is 0. The fourth-order valence-corrected chi connectivity index (χ4v) is 4.33. The third kappa shape index (κ3) is 3.59. The second kappa shape index (κ2) is 9.06. The van der Waals surface area contributed by atoms with Crippen LogP contribution in [0.5, 0.6) is 17.2 Å². The van der Waals surface area contributed by atoms with Crippen LogP contribution < -0.4 is 19.1 Å². The van der Waals surface area contributed by atoms with Crippen LogP contribution in [0.4, 0.5) is 5.95 Å². The van der Waals surface area contributed by atoms with E-state index in [1.807, 2.05) is 0 Å². The van der Waals surface area contributed by atoms with Crippen molar-refractivity contribution in [3.05, 3.63) is 77.6 Å². The molecule has 1 saturated heterocycles. The summed E-state index contributed by atoms with van der Waals surface area (Å²) < 4.78 is 16.1. The van der Waals surface area contributed by atoms with Gasteiger partial charge >= 0.3 is 5.91 Å². The van der Waals surface area contributed by atoms with Crippen molar-refractivity contribution in [1.82, 2.24) is 15.0 Å². The number of pyridine rings is 1.